The van der Waals surface area contributed by atoms with Crippen molar-refractivity contribution in [3.8, 4) is 11.1 Å². The molecule has 4 aromatic rings. The number of ether oxygens (including phenoxy) is 1. The number of pyridine rings is 1. The van der Waals surface area contributed by atoms with Crippen LogP contribution in [-0.4, -0.2) is 36.2 Å². The molecule has 5 nitrogen and oxygen atoms in total. The minimum absolute atomic E-state index is 0.329. The fourth-order valence-corrected chi connectivity index (χ4v) is 4.28. The lowest BCUT2D eigenvalue weighted by Gasteiger charge is -2.18. The smallest absolute Gasteiger partial charge is 0.414 e. The van der Waals surface area contributed by atoms with Crippen molar-refractivity contribution >= 4 is 22.7 Å². The predicted octanol–water partition coefficient (Wildman–Crippen LogP) is 5.63. The second-order valence-electron chi connectivity index (χ2n) is 8.29. The van der Waals surface area contributed by atoms with E-state index in [2.05, 4.69) is 29.1 Å². The van der Waals surface area contributed by atoms with Gasteiger partial charge in [-0.05, 0) is 54.1 Å². The van der Waals surface area contributed by atoms with Crippen molar-refractivity contribution in [2.45, 2.75) is 13.1 Å². The van der Waals surface area contributed by atoms with Gasteiger partial charge in [-0.15, -0.1) is 0 Å². The lowest BCUT2D eigenvalue weighted by Crippen LogP contribution is -2.23. The number of anilines is 1. The van der Waals surface area contributed by atoms with Crippen molar-refractivity contribution < 1.29 is 13.9 Å². The molecule has 1 fully saturated rings. The summed E-state index contributed by atoms with van der Waals surface area (Å²) in [6.07, 6.45) is 1.42. The van der Waals surface area contributed by atoms with Gasteiger partial charge >= 0.3 is 6.09 Å². The quantitative estimate of drug-likeness (QED) is 0.389. The van der Waals surface area contributed by atoms with Gasteiger partial charge in [-0.3, -0.25) is 14.8 Å². The largest absolute Gasteiger partial charge is 0.447 e. The summed E-state index contributed by atoms with van der Waals surface area (Å²) in [6, 6.07) is 23.0. The van der Waals surface area contributed by atoms with Crippen molar-refractivity contribution in [3.05, 3.63) is 95.9 Å². The maximum absolute atomic E-state index is 14.8. The molecule has 0 saturated carbocycles. The van der Waals surface area contributed by atoms with Crippen LogP contribution in [0.4, 0.5) is 14.9 Å². The molecular formula is C27H24FN3O2. The number of carbonyl (C=O) groups excluding carboxylic acids is 1. The summed E-state index contributed by atoms with van der Waals surface area (Å²) >= 11 is 0. The van der Waals surface area contributed by atoms with Crippen LogP contribution in [0.5, 0.6) is 0 Å². The van der Waals surface area contributed by atoms with Crippen LogP contribution in [-0.2, 0) is 17.8 Å². The predicted molar refractivity (Wildman–Crippen MR) is 127 cm³/mol. The summed E-state index contributed by atoms with van der Waals surface area (Å²) in [5, 5.41) is 1.17. The molecule has 1 amide bonds. The molecule has 0 N–H and O–H groups in total. The Labute approximate surface area is 192 Å². The third kappa shape index (κ3) is 4.43. The van der Waals surface area contributed by atoms with Crippen LogP contribution in [0, 0.1) is 5.82 Å². The summed E-state index contributed by atoms with van der Waals surface area (Å²) in [5.41, 5.74) is 5.22. The zero-order valence-corrected chi connectivity index (χ0v) is 18.4. The number of carbonyl (C=O) groups is 1. The van der Waals surface area contributed by atoms with Gasteiger partial charge in [0.25, 0.3) is 0 Å². The molecule has 0 aliphatic carbocycles. The zero-order valence-electron chi connectivity index (χ0n) is 18.4. The first-order valence-corrected chi connectivity index (χ1v) is 10.9. The molecule has 0 unspecified atom stereocenters. The molecule has 0 radical (unpaired) electrons. The highest BCUT2D eigenvalue weighted by Gasteiger charge is 2.24. The number of fused-ring (bicyclic) bond motifs is 1. The molecule has 33 heavy (non-hydrogen) atoms. The zero-order chi connectivity index (χ0) is 22.8. The molecule has 0 atom stereocenters. The van der Waals surface area contributed by atoms with E-state index in [9.17, 15) is 9.18 Å². The first kappa shape index (κ1) is 21.1. The normalized spacial score (nSPS) is 13.7. The number of amides is 1. The molecule has 1 saturated heterocycles. The van der Waals surface area contributed by atoms with Gasteiger partial charge in [0.1, 0.15) is 12.4 Å². The summed E-state index contributed by atoms with van der Waals surface area (Å²) in [7, 11) is 2.09. The number of rotatable bonds is 6. The minimum atomic E-state index is -0.435. The maximum Gasteiger partial charge on any atom is 0.414 e. The highest BCUT2D eigenvalue weighted by Crippen LogP contribution is 2.28. The van der Waals surface area contributed by atoms with Crippen LogP contribution >= 0.6 is 0 Å². The molecule has 1 aromatic heterocycles. The van der Waals surface area contributed by atoms with E-state index in [1.54, 1.807) is 12.1 Å². The van der Waals surface area contributed by atoms with E-state index in [4.69, 9.17) is 4.74 Å². The summed E-state index contributed by atoms with van der Waals surface area (Å²) in [6.45, 7) is 2.35. The summed E-state index contributed by atoms with van der Waals surface area (Å²) in [5.74, 6) is -0.360. The molecule has 0 bridgehead atoms. The third-order valence-electron chi connectivity index (χ3n) is 5.92. The molecule has 166 valence electrons. The third-order valence-corrected chi connectivity index (χ3v) is 5.92. The highest BCUT2D eigenvalue weighted by atomic mass is 19.1. The first-order valence-electron chi connectivity index (χ1n) is 10.9. The number of para-hydroxylation sites is 1. The number of benzene rings is 3. The Balaban J connectivity index is 1.28. The molecular weight excluding hydrogens is 417 g/mol. The number of hydrogen-bond donors (Lipinski definition) is 0. The Hall–Kier alpha value is -3.77. The monoisotopic (exact) mass is 441 g/mol. The topological polar surface area (TPSA) is 45.7 Å². The van der Waals surface area contributed by atoms with Gasteiger partial charge in [-0.25, -0.2) is 9.18 Å². The van der Waals surface area contributed by atoms with Gasteiger partial charge in [0.2, 0.25) is 0 Å². The van der Waals surface area contributed by atoms with E-state index >= 15 is 0 Å². The summed E-state index contributed by atoms with van der Waals surface area (Å²) in [4.78, 5) is 19.8. The minimum Gasteiger partial charge on any atom is -0.447 e. The molecule has 1 aliphatic rings. The maximum atomic E-state index is 14.8. The average molecular weight is 442 g/mol. The van der Waals surface area contributed by atoms with E-state index in [1.807, 2.05) is 48.7 Å². The molecule has 0 spiro atoms. The van der Waals surface area contributed by atoms with Crippen molar-refractivity contribution in [1.29, 1.82) is 0 Å². The Morgan fingerprint density at radius 3 is 2.61 bits per heavy atom. The Morgan fingerprint density at radius 1 is 1.03 bits per heavy atom. The van der Waals surface area contributed by atoms with Crippen molar-refractivity contribution in [2.24, 2.45) is 0 Å². The SMILES string of the molecule is CN(Cc1ccc(-c2ccc(N3CCOC3=O)cc2F)cc1)Cc1ccnc2ccccc12. The van der Waals surface area contributed by atoms with E-state index in [0.717, 1.165) is 29.7 Å². The molecule has 3 aromatic carbocycles. The second-order valence-corrected chi connectivity index (χ2v) is 8.29. The average Bonchev–Trinajstić information content (AvgIpc) is 3.26. The molecule has 2 heterocycles. The standard InChI is InChI=1S/C27H24FN3O2/c1-30(18-21-12-13-29-26-5-3-2-4-24(21)26)17-19-6-8-20(9-7-19)23-11-10-22(16-25(23)28)31-14-15-33-27(31)32/h2-13,16H,14-15,17-18H2,1H3. The van der Waals surface area contributed by atoms with E-state index in [0.29, 0.717) is 24.4 Å². The van der Waals surface area contributed by atoms with Gasteiger partial charge < -0.3 is 4.74 Å². The fraction of sp³-hybridized carbons (Fsp3) is 0.185. The van der Waals surface area contributed by atoms with Gasteiger partial charge in [0.15, 0.2) is 0 Å². The van der Waals surface area contributed by atoms with E-state index < -0.39 is 6.09 Å². The number of hydrogen-bond acceptors (Lipinski definition) is 4. The van der Waals surface area contributed by atoms with Crippen LogP contribution in [0.3, 0.4) is 0 Å². The lowest BCUT2D eigenvalue weighted by atomic mass is 10.0. The Morgan fingerprint density at radius 2 is 1.85 bits per heavy atom. The molecule has 6 heteroatoms. The van der Waals surface area contributed by atoms with E-state index in [1.165, 1.54) is 21.9 Å². The van der Waals surface area contributed by atoms with Crippen molar-refractivity contribution in [3.63, 3.8) is 0 Å². The fourth-order valence-electron chi connectivity index (χ4n) is 4.28. The Bertz CT molecular complexity index is 1300. The van der Waals surface area contributed by atoms with E-state index in [-0.39, 0.29) is 5.82 Å². The van der Waals surface area contributed by atoms with Crippen molar-refractivity contribution in [1.82, 2.24) is 9.88 Å². The van der Waals surface area contributed by atoms with Gasteiger partial charge in [0, 0.05) is 30.2 Å². The van der Waals surface area contributed by atoms with Crippen LogP contribution in [0.2, 0.25) is 0 Å². The van der Waals surface area contributed by atoms with Crippen molar-refractivity contribution in [2.75, 3.05) is 25.1 Å². The van der Waals surface area contributed by atoms with Crippen LogP contribution in [0.25, 0.3) is 22.0 Å². The molecule has 5 rings (SSSR count). The van der Waals surface area contributed by atoms with Gasteiger partial charge in [-0.2, -0.15) is 0 Å². The van der Waals surface area contributed by atoms with Gasteiger partial charge in [-0.1, -0.05) is 42.5 Å². The number of cyclic esters (lactones) is 1. The lowest BCUT2D eigenvalue weighted by molar-refractivity contribution is 0.181. The molecule has 1 aliphatic heterocycles. The first-order chi connectivity index (χ1) is 16.1. The second kappa shape index (κ2) is 9.00. The highest BCUT2D eigenvalue weighted by molar-refractivity contribution is 5.89. The van der Waals surface area contributed by atoms with Gasteiger partial charge in [0.05, 0.1) is 17.7 Å². The Kier molecular flexibility index (Phi) is 5.75. The summed E-state index contributed by atoms with van der Waals surface area (Å²) < 4.78 is 19.7. The van der Waals surface area contributed by atoms with Crippen LogP contribution < -0.4 is 4.90 Å². The van der Waals surface area contributed by atoms with Crippen LogP contribution in [0.15, 0.2) is 79.0 Å². The van der Waals surface area contributed by atoms with Crippen LogP contribution in [0.1, 0.15) is 11.1 Å². The number of halogens is 1. The number of nitrogens with zero attached hydrogens (tertiary/aromatic N) is 3. The number of aromatic nitrogens is 1.